The molecule has 1 saturated heterocycles. The van der Waals surface area contributed by atoms with E-state index in [0.29, 0.717) is 18.7 Å². The van der Waals surface area contributed by atoms with Gasteiger partial charge in [0.15, 0.2) is 0 Å². The minimum atomic E-state index is -4.32. The Labute approximate surface area is 155 Å². The van der Waals surface area contributed by atoms with E-state index in [1.165, 1.54) is 18.2 Å². The average molecular weight is 379 g/mol. The SMILES string of the molecule is O=[N+]([O-])c1ccccc1CN1CCN(Cc2ccc(C(F)(F)F)cc2)CC1. The number of nitrogens with zero attached hydrogens (tertiary/aromatic N) is 3. The van der Waals surface area contributed by atoms with Gasteiger partial charge in [0.05, 0.1) is 10.5 Å². The molecule has 0 atom stereocenters. The van der Waals surface area contributed by atoms with Gasteiger partial charge in [-0.25, -0.2) is 0 Å². The Morgan fingerprint density at radius 2 is 1.44 bits per heavy atom. The van der Waals surface area contributed by atoms with Gasteiger partial charge in [0.2, 0.25) is 0 Å². The Hall–Kier alpha value is -2.45. The van der Waals surface area contributed by atoms with Crippen LogP contribution in [0.1, 0.15) is 16.7 Å². The molecular formula is C19H20F3N3O2. The Bertz CT molecular complexity index is 786. The normalized spacial score (nSPS) is 16.4. The largest absolute Gasteiger partial charge is 0.416 e. The van der Waals surface area contributed by atoms with Gasteiger partial charge in [0.25, 0.3) is 5.69 Å². The molecule has 1 aliphatic rings. The van der Waals surface area contributed by atoms with Gasteiger partial charge in [-0.1, -0.05) is 30.3 Å². The number of benzene rings is 2. The maximum atomic E-state index is 12.6. The molecule has 1 heterocycles. The molecule has 0 aromatic heterocycles. The van der Waals surface area contributed by atoms with Crippen LogP contribution in [0.2, 0.25) is 0 Å². The summed E-state index contributed by atoms with van der Waals surface area (Å²) in [5, 5.41) is 11.1. The molecule has 0 radical (unpaired) electrons. The van der Waals surface area contributed by atoms with Gasteiger partial charge in [0, 0.05) is 50.9 Å². The second-order valence-electron chi connectivity index (χ2n) is 6.63. The first-order chi connectivity index (χ1) is 12.8. The number of nitro groups is 1. The van der Waals surface area contributed by atoms with E-state index >= 15 is 0 Å². The van der Waals surface area contributed by atoms with Crippen molar-refractivity contribution in [2.75, 3.05) is 26.2 Å². The van der Waals surface area contributed by atoms with E-state index in [1.54, 1.807) is 18.2 Å². The van der Waals surface area contributed by atoms with Gasteiger partial charge in [-0.2, -0.15) is 13.2 Å². The highest BCUT2D eigenvalue weighted by Gasteiger charge is 2.30. The fraction of sp³-hybridized carbons (Fsp3) is 0.368. The zero-order valence-electron chi connectivity index (χ0n) is 14.7. The topological polar surface area (TPSA) is 49.6 Å². The van der Waals surface area contributed by atoms with E-state index in [2.05, 4.69) is 9.80 Å². The Morgan fingerprint density at radius 3 is 2.00 bits per heavy atom. The quantitative estimate of drug-likeness (QED) is 0.583. The third kappa shape index (κ3) is 5.05. The van der Waals surface area contributed by atoms with Crippen molar-refractivity contribution >= 4 is 5.69 Å². The first kappa shape index (κ1) is 19.3. The lowest BCUT2D eigenvalue weighted by atomic mass is 10.1. The minimum Gasteiger partial charge on any atom is -0.297 e. The van der Waals surface area contributed by atoms with Crippen molar-refractivity contribution in [3.63, 3.8) is 0 Å². The van der Waals surface area contributed by atoms with Crippen molar-refractivity contribution in [3.8, 4) is 0 Å². The van der Waals surface area contributed by atoms with Crippen molar-refractivity contribution < 1.29 is 18.1 Å². The van der Waals surface area contributed by atoms with Crippen molar-refractivity contribution in [2.24, 2.45) is 0 Å². The maximum absolute atomic E-state index is 12.6. The molecule has 0 unspecified atom stereocenters. The summed E-state index contributed by atoms with van der Waals surface area (Å²) < 4.78 is 37.9. The number of nitro benzene ring substituents is 1. The van der Waals surface area contributed by atoms with E-state index in [1.807, 2.05) is 0 Å². The van der Waals surface area contributed by atoms with Crippen LogP contribution < -0.4 is 0 Å². The van der Waals surface area contributed by atoms with E-state index in [0.717, 1.165) is 43.9 Å². The average Bonchev–Trinajstić information content (AvgIpc) is 2.63. The van der Waals surface area contributed by atoms with E-state index in [-0.39, 0.29) is 10.6 Å². The van der Waals surface area contributed by atoms with Crippen LogP contribution in [-0.2, 0) is 19.3 Å². The molecule has 3 rings (SSSR count). The van der Waals surface area contributed by atoms with Crippen LogP contribution in [0.25, 0.3) is 0 Å². The van der Waals surface area contributed by atoms with E-state index in [4.69, 9.17) is 0 Å². The number of piperazine rings is 1. The van der Waals surface area contributed by atoms with E-state index < -0.39 is 11.7 Å². The zero-order chi connectivity index (χ0) is 19.4. The molecule has 5 nitrogen and oxygen atoms in total. The standard InChI is InChI=1S/C19H20F3N3O2/c20-19(21,22)17-7-5-15(6-8-17)13-23-9-11-24(12-10-23)14-16-3-1-2-4-18(16)25(26)27/h1-8H,9-14H2. The molecule has 8 heteroatoms. The second-order valence-corrected chi connectivity index (χ2v) is 6.63. The predicted molar refractivity (Wildman–Crippen MR) is 95.1 cm³/mol. The van der Waals surface area contributed by atoms with Crippen LogP contribution in [0.15, 0.2) is 48.5 Å². The van der Waals surface area contributed by atoms with Crippen molar-refractivity contribution in [1.29, 1.82) is 0 Å². The van der Waals surface area contributed by atoms with E-state index in [9.17, 15) is 23.3 Å². The van der Waals surface area contributed by atoms with Gasteiger partial charge in [-0.3, -0.25) is 19.9 Å². The molecule has 0 saturated carbocycles. The molecular weight excluding hydrogens is 359 g/mol. The Morgan fingerprint density at radius 1 is 0.889 bits per heavy atom. The molecule has 0 spiro atoms. The van der Waals surface area contributed by atoms with Crippen LogP contribution in [-0.4, -0.2) is 40.9 Å². The number of para-hydroxylation sites is 1. The summed E-state index contributed by atoms with van der Waals surface area (Å²) in [5.41, 5.74) is 1.03. The summed E-state index contributed by atoms with van der Waals surface area (Å²) in [6.07, 6.45) is -4.32. The predicted octanol–water partition coefficient (Wildman–Crippen LogP) is 3.93. The first-order valence-corrected chi connectivity index (χ1v) is 8.66. The smallest absolute Gasteiger partial charge is 0.297 e. The molecule has 2 aromatic carbocycles. The fourth-order valence-electron chi connectivity index (χ4n) is 3.23. The number of hydrogen-bond acceptors (Lipinski definition) is 4. The molecule has 1 aliphatic heterocycles. The summed E-state index contributed by atoms with van der Waals surface area (Å²) in [6.45, 7) is 4.16. The summed E-state index contributed by atoms with van der Waals surface area (Å²) >= 11 is 0. The van der Waals surface area contributed by atoms with Crippen LogP contribution in [0.5, 0.6) is 0 Å². The highest BCUT2D eigenvalue weighted by Crippen LogP contribution is 2.29. The van der Waals surface area contributed by atoms with Gasteiger partial charge >= 0.3 is 6.18 Å². The van der Waals surface area contributed by atoms with Crippen LogP contribution >= 0.6 is 0 Å². The third-order valence-electron chi connectivity index (χ3n) is 4.73. The summed E-state index contributed by atoms with van der Waals surface area (Å²) in [6, 6.07) is 12.0. The lowest BCUT2D eigenvalue weighted by molar-refractivity contribution is -0.385. The third-order valence-corrected chi connectivity index (χ3v) is 4.73. The second kappa shape index (κ2) is 8.06. The molecule has 144 valence electrons. The monoisotopic (exact) mass is 379 g/mol. The zero-order valence-corrected chi connectivity index (χ0v) is 14.7. The van der Waals surface area contributed by atoms with Gasteiger partial charge in [-0.15, -0.1) is 0 Å². The summed E-state index contributed by atoms with van der Waals surface area (Å²) in [7, 11) is 0. The minimum absolute atomic E-state index is 0.129. The van der Waals surface area contributed by atoms with Gasteiger partial charge in [-0.05, 0) is 17.7 Å². The van der Waals surface area contributed by atoms with Crippen LogP contribution in [0, 0.1) is 10.1 Å². The van der Waals surface area contributed by atoms with Crippen LogP contribution in [0.3, 0.4) is 0 Å². The molecule has 0 N–H and O–H groups in total. The molecule has 0 amide bonds. The number of alkyl halides is 3. The molecule has 1 fully saturated rings. The molecule has 0 bridgehead atoms. The Kier molecular flexibility index (Phi) is 5.76. The maximum Gasteiger partial charge on any atom is 0.416 e. The first-order valence-electron chi connectivity index (χ1n) is 8.66. The molecule has 0 aliphatic carbocycles. The highest BCUT2D eigenvalue weighted by molar-refractivity contribution is 5.39. The number of hydrogen-bond donors (Lipinski definition) is 0. The molecule has 27 heavy (non-hydrogen) atoms. The van der Waals surface area contributed by atoms with Crippen molar-refractivity contribution in [3.05, 3.63) is 75.3 Å². The number of halogens is 3. The lowest BCUT2D eigenvalue weighted by Gasteiger charge is -2.34. The summed E-state index contributed by atoms with van der Waals surface area (Å²) in [5.74, 6) is 0. The van der Waals surface area contributed by atoms with Crippen molar-refractivity contribution in [1.82, 2.24) is 9.80 Å². The summed E-state index contributed by atoms with van der Waals surface area (Å²) in [4.78, 5) is 15.1. The van der Waals surface area contributed by atoms with Gasteiger partial charge < -0.3 is 0 Å². The Balaban J connectivity index is 1.53. The molecule has 2 aromatic rings. The lowest BCUT2D eigenvalue weighted by Crippen LogP contribution is -2.45. The fourth-order valence-corrected chi connectivity index (χ4v) is 3.23. The number of rotatable bonds is 5. The van der Waals surface area contributed by atoms with Crippen molar-refractivity contribution in [2.45, 2.75) is 19.3 Å². The van der Waals surface area contributed by atoms with Gasteiger partial charge in [0.1, 0.15) is 0 Å². The van der Waals surface area contributed by atoms with Crippen LogP contribution in [0.4, 0.5) is 18.9 Å². The highest BCUT2D eigenvalue weighted by atomic mass is 19.4.